The molecule has 0 radical (unpaired) electrons. The first kappa shape index (κ1) is 23.4. The van der Waals surface area contributed by atoms with Crippen molar-refractivity contribution in [1.82, 2.24) is 14.5 Å². The van der Waals surface area contributed by atoms with Gasteiger partial charge < -0.3 is 0 Å². The quantitative estimate of drug-likeness (QED) is 0.218. The third-order valence-electron chi connectivity index (χ3n) is 8.19. The summed E-state index contributed by atoms with van der Waals surface area (Å²) in [5, 5.41) is 7.55. The summed E-state index contributed by atoms with van der Waals surface area (Å²) in [4.78, 5) is 10.4. The number of rotatable bonds is 3. The minimum Gasteiger partial charge on any atom is -0.278 e. The molecule has 0 saturated carbocycles. The van der Waals surface area contributed by atoms with E-state index in [1.807, 2.05) is 23.5 Å². The van der Waals surface area contributed by atoms with E-state index in [1.54, 1.807) is 0 Å². The summed E-state index contributed by atoms with van der Waals surface area (Å²) in [6, 6.07) is 49.4. The fraction of sp³-hybridized carbons (Fsp3) is 0. The number of hydrogen-bond acceptors (Lipinski definition) is 3. The molecule has 42 heavy (non-hydrogen) atoms. The number of para-hydroxylation sites is 1. The lowest BCUT2D eigenvalue weighted by molar-refractivity contribution is 0.996. The van der Waals surface area contributed by atoms with Crippen LogP contribution in [-0.4, -0.2) is 14.5 Å². The Kier molecular flexibility index (Phi) is 5.07. The molecule has 3 heterocycles. The lowest BCUT2D eigenvalue weighted by atomic mass is 10.0. The summed E-state index contributed by atoms with van der Waals surface area (Å²) in [5.74, 6) is 0.674. The van der Waals surface area contributed by atoms with Crippen LogP contribution in [0.25, 0.3) is 81.2 Å². The Labute approximate surface area is 246 Å². The first-order valence-corrected chi connectivity index (χ1v) is 14.9. The minimum absolute atomic E-state index is 0.674. The van der Waals surface area contributed by atoms with Gasteiger partial charge in [-0.25, -0.2) is 9.97 Å². The highest BCUT2D eigenvalue weighted by atomic mass is 32.1. The molecular weight excluding hydrogens is 531 g/mol. The van der Waals surface area contributed by atoms with Crippen molar-refractivity contribution in [3.63, 3.8) is 0 Å². The van der Waals surface area contributed by atoms with E-state index in [2.05, 4.69) is 132 Å². The van der Waals surface area contributed by atoms with Gasteiger partial charge in [-0.15, -0.1) is 11.3 Å². The van der Waals surface area contributed by atoms with Crippen molar-refractivity contribution < 1.29 is 0 Å². The van der Waals surface area contributed by atoms with E-state index >= 15 is 0 Å². The van der Waals surface area contributed by atoms with E-state index in [0.29, 0.717) is 5.95 Å². The molecule has 0 spiro atoms. The summed E-state index contributed by atoms with van der Waals surface area (Å²) in [6.07, 6.45) is 0. The maximum absolute atomic E-state index is 5.19. The molecule has 0 saturated heterocycles. The van der Waals surface area contributed by atoms with Crippen molar-refractivity contribution in [2.75, 3.05) is 0 Å². The Morgan fingerprint density at radius 2 is 1.00 bits per heavy atom. The summed E-state index contributed by atoms with van der Waals surface area (Å²) >= 11 is 1.85. The fourth-order valence-corrected chi connectivity index (χ4v) is 7.34. The molecule has 0 unspecified atom stereocenters. The van der Waals surface area contributed by atoms with Gasteiger partial charge in [-0.3, -0.25) is 4.57 Å². The van der Waals surface area contributed by atoms with Gasteiger partial charge in [0, 0.05) is 42.1 Å². The average Bonchev–Trinajstić information content (AvgIpc) is 3.57. The number of thiophene rings is 1. The van der Waals surface area contributed by atoms with Gasteiger partial charge in [-0.2, -0.15) is 0 Å². The Morgan fingerprint density at radius 3 is 1.71 bits per heavy atom. The number of hydrogen-bond donors (Lipinski definition) is 0. The largest absolute Gasteiger partial charge is 0.278 e. The molecule has 196 valence electrons. The highest BCUT2D eigenvalue weighted by Gasteiger charge is 2.19. The Morgan fingerprint density at radius 1 is 0.429 bits per heavy atom. The minimum atomic E-state index is 0.674. The number of aromatic nitrogens is 3. The summed E-state index contributed by atoms with van der Waals surface area (Å²) in [7, 11) is 0. The lowest BCUT2D eigenvalue weighted by Crippen LogP contribution is -2.03. The summed E-state index contributed by atoms with van der Waals surface area (Å²) < 4.78 is 4.81. The predicted molar refractivity (Wildman–Crippen MR) is 178 cm³/mol. The highest BCUT2D eigenvalue weighted by molar-refractivity contribution is 7.26. The standard InChI is InChI=1S/C38H23N3S/c1-3-11-24(12-4-1)32-22-33(25-13-5-2-6-14-25)40-38(39-32)41-34-18-10-9-17-28(34)29-21-31-30-19-26-15-7-8-16-27(26)20-36(30)42-37(31)23-35(29)41/h1-23H. The van der Waals surface area contributed by atoms with Gasteiger partial charge >= 0.3 is 0 Å². The number of fused-ring (bicyclic) bond motifs is 7. The van der Waals surface area contributed by atoms with Gasteiger partial charge in [0.25, 0.3) is 0 Å². The molecule has 0 N–H and O–H groups in total. The molecule has 0 aliphatic carbocycles. The molecule has 3 aromatic heterocycles. The fourth-order valence-electron chi connectivity index (χ4n) is 6.19. The zero-order chi connectivity index (χ0) is 27.6. The van der Waals surface area contributed by atoms with E-state index in [9.17, 15) is 0 Å². The SMILES string of the molecule is c1ccc(-c2cc(-c3ccccc3)nc(-n3c4ccccc4c4cc5c(cc43)sc3cc4ccccc4cc35)n2)cc1. The molecule has 0 atom stereocenters. The topological polar surface area (TPSA) is 30.7 Å². The first-order chi connectivity index (χ1) is 20.8. The second kappa shape index (κ2) is 9.10. The van der Waals surface area contributed by atoms with E-state index in [0.717, 1.165) is 33.5 Å². The Balaban J connectivity index is 1.37. The van der Waals surface area contributed by atoms with E-state index in [4.69, 9.17) is 9.97 Å². The lowest BCUT2D eigenvalue weighted by Gasteiger charge is -2.11. The van der Waals surface area contributed by atoms with Crippen LogP contribution in [0.2, 0.25) is 0 Å². The van der Waals surface area contributed by atoms with Crippen LogP contribution < -0.4 is 0 Å². The molecule has 0 fully saturated rings. The zero-order valence-electron chi connectivity index (χ0n) is 22.5. The molecule has 4 heteroatoms. The molecule has 6 aromatic carbocycles. The van der Waals surface area contributed by atoms with Crippen LogP contribution in [0.4, 0.5) is 0 Å². The van der Waals surface area contributed by atoms with Crippen LogP contribution in [0.5, 0.6) is 0 Å². The van der Waals surface area contributed by atoms with E-state index < -0.39 is 0 Å². The molecule has 0 amide bonds. The first-order valence-electron chi connectivity index (χ1n) is 14.1. The Hall–Kier alpha value is -5.32. The van der Waals surface area contributed by atoms with Crippen LogP contribution in [0.3, 0.4) is 0 Å². The van der Waals surface area contributed by atoms with Crippen LogP contribution in [-0.2, 0) is 0 Å². The molecule has 0 bridgehead atoms. The van der Waals surface area contributed by atoms with Gasteiger partial charge in [0.2, 0.25) is 5.95 Å². The highest BCUT2D eigenvalue weighted by Crippen LogP contribution is 2.41. The molecular formula is C38H23N3S. The maximum atomic E-state index is 5.19. The maximum Gasteiger partial charge on any atom is 0.235 e. The van der Waals surface area contributed by atoms with Gasteiger partial charge in [0.15, 0.2) is 0 Å². The molecule has 0 aliphatic rings. The average molecular weight is 554 g/mol. The second-order valence-electron chi connectivity index (χ2n) is 10.7. The predicted octanol–water partition coefficient (Wildman–Crippen LogP) is 10.4. The summed E-state index contributed by atoms with van der Waals surface area (Å²) in [6.45, 7) is 0. The van der Waals surface area contributed by atoms with Crippen molar-refractivity contribution in [2.24, 2.45) is 0 Å². The number of benzene rings is 6. The van der Waals surface area contributed by atoms with Crippen molar-refractivity contribution in [1.29, 1.82) is 0 Å². The monoisotopic (exact) mass is 553 g/mol. The molecule has 0 aliphatic heterocycles. The third-order valence-corrected chi connectivity index (χ3v) is 9.30. The molecule has 3 nitrogen and oxygen atoms in total. The van der Waals surface area contributed by atoms with Crippen molar-refractivity contribution in [3.05, 3.63) is 140 Å². The van der Waals surface area contributed by atoms with E-state index in [1.165, 1.54) is 41.7 Å². The van der Waals surface area contributed by atoms with Crippen LogP contribution in [0, 0.1) is 0 Å². The smallest absolute Gasteiger partial charge is 0.235 e. The van der Waals surface area contributed by atoms with Crippen molar-refractivity contribution in [3.8, 4) is 28.5 Å². The second-order valence-corrected chi connectivity index (χ2v) is 11.8. The van der Waals surface area contributed by atoms with Crippen LogP contribution in [0.1, 0.15) is 0 Å². The van der Waals surface area contributed by atoms with Gasteiger partial charge in [-0.1, -0.05) is 103 Å². The van der Waals surface area contributed by atoms with E-state index in [-0.39, 0.29) is 0 Å². The van der Waals surface area contributed by atoms with Gasteiger partial charge in [-0.05, 0) is 47.2 Å². The Bertz CT molecular complexity index is 2400. The normalized spacial score (nSPS) is 11.8. The molecule has 9 rings (SSSR count). The van der Waals surface area contributed by atoms with Gasteiger partial charge in [0.1, 0.15) is 0 Å². The zero-order valence-corrected chi connectivity index (χ0v) is 23.3. The number of nitrogens with zero attached hydrogens (tertiary/aromatic N) is 3. The van der Waals surface area contributed by atoms with Crippen molar-refractivity contribution in [2.45, 2.75) is 0 Å². The van der Waals surface area contributed by atoms with Crippen molar-refractivity contribution >= 4 is 64.1 Å². The van der Waals surface area contributed by atoms with Crippen LogP contribution in [0.15, 0.2) is 140 Å². The third kappa shape index (κ3) is 3.59. The molecule has 9 aromatic rings. The van der Waals surface area contributed by atoms with Crippen LogP contribution >= 0.6 is 11.3 Å². The van der Waals surface area contributed by atoms with Gasteiger partial charge in [0.05, 0.1) is 22.4 Å². The summed E-state index contributed by atoms with van der Waals surface area (Å²) in [5.41, 5.74) is 6.16.